The van der Waals surface area contributed by atoms with Crippen LogP contribution in [0.3, 0.4) is 0 Å². The molecule has 0 saturated heterocycles. The monoisotopic (exact) mass is 295 g/mol. The summed E-state index contributed by atoms with van der Waals surface area (Å²) in [5.74, 6) is 0.850. The number of oxime groups is 1. The molecule has 0 fully saturated rings. The number of hydrogen-bond acceptors (Lipinski definition) is 5. The summed E-state index contributed by atoms with van der Waals surface area (Å²) in [5.41, 5.74) is 6.15. The van der Waals surface area contributed by atoms with Gasteiger partial charge in [-0.1, -0.05) is 5.16 Å². The van der Waals surface area contributed by atoms with E-state index in [0.29, 0.717) is 12.2 Å². The van der Waals surface area contributed by atoms with Crippen LogP contribution in [-0.2, 0) is 4.74 Å². The molecule has 0 aliphatic heterocycles. The highest BCUT2D eigenvalue weighted by molar-refractivity contribution is 5.97. The van der Waals surface area contributed by atoms with Gasteiger partial charge in [0.05, 0.1) is 12.7 Å². The summed E-state index contributed by atoms with van der Waals surface area (Å²) in [5, 5.41) is 11.5. The molecule has 0 aliphatic rings. The fourth-order valence-corrected chi connectivity index (χ4v) is 1.66. The Kier molecular flexibility index (Phi) is 7.56. The molecular weight excluding hydrogens is 270 g/mol. The Hall–Kier alpha value is -1.79. The third-order valence-electron chi connectivity index (χ3n) is 2.92. The van der Waals surface area contributed by atoms with Crippen molar-refractivity contribution >= 4 is 5.84 Å². The third kappa shape index (κ3) is 6.97. The molecule has 1 rings (SSSR count). The Bertz CT molecular complexity index is 432. The molecule has 6 heteroatoms. The summed E-state index contributed by atoms with van der Waals surface area (Å²) in [6.45, 7) is 7.08. The normalized spacial score (nSPS) is 12.1. The minimum atomic E-state index is 0.0893. The van der Waals surface area contributed by atoms with Crippen LogP contribution in [0.1, 0.15) is 19.4 Å². The van der Waals surface area contributed by atoms with Crippen molar-refractivity contribution in [2.75, 3.05) is 33.4 Å². The third-order valence-corrected chi connectivity index (χ3v) is 2.92. The number of hydrogen-bond donors (Lipinski definition) is 2. The summed E-state index contributed by atoms with van der Waals surface area (Å²) >= 11 is 0. The smallest absolute Gasteiger partial charge is 0.170 e. The van der Waals surface area contributed by atoms with Crippen molar-refractivity contribution in [3.8, 4) is 5.75 Å². The van der Waals surface area contributed by atoms with Gasteiger partial charge >= 0.3 is 0 Å². The van der Waals surface area contributed by atoms with E-state index in [1.165, 1.54) is 0 Å². The molecule has 0 heterocycles. The quantitative estimate of drug-likeness (QED) is 0.312. The van der Waals surface area contributed by atoms with Gasteiger partial charge in [0.2, 0.25) is 0 Å². The zero-order valence-electron chi connectivity index (χ0n) is 13.0. The average Bonchev–Trinajstić information content (AvgIpc) is 2.46. The van der Waals surface area contributed by atoms with Gasteiger partial charge in [-0.25, -0.2) is 0 Å². The molecule has 1 aromatic rings. The zero-order chi connectivity index (χ0) is 15.7. The van der Waals surface area contributed by atoms with E-state index in [0.717, 1.165) is 25.4 Å². The number of benzene rings is 1. The van der Waals surface area contributed by atoms with Gasteiger partial charge in [-0.15, -0.1) is 0 Å². The van der Waals surface area contributed by atoms with E-state index in [4.69, 9.17) is 20.4 Å². The van der Waals surface area contributed by atoms with Crippen LogP contribution in [0.25, 0.3) is 0 Å². The van der Waals surface area contributed by atoms with Gasteiger partial charge in [-0.2, -0.15) is 0 Å². The van der Waals surface area contributed by atoms with Crippen LogP contribution in [0.2, 0.25) is 0 Å². The average molecular weight is 295 g/mol. The van der Waals surface area contributed by atoms with Gasteiger partial charge in [0.25, 0.3) is 0 Å². The number of likely N-dealkylation sites (N-methyl/N-ethyl adjacent to an activating group) is 1. The largest absolute Gasteiger partial charge is 0.492 e. The molecule has 21 heavy (non-hydrogen) atoms. The zero-order valence-corrected chi connectivity index (χ0v) is 13.0. The SMILES string of the molecule is CC(C)OCCN(C)CCOc1ccc(/C(N)=N/O)cc1. The first-order chi connectivity index (χ1) is 10.0. The van der Waals surface area contributed by atoms with E-state index in [-0.39, 0.29) is 11.9 Å². The standard InChI is InChI=1S/C15H25N3O3/c1-12(2)20-10-8-18(3)9-11-21-14-6-4-13(5-7-14)15(16)17-19/h4-7,12,19H,8-11H2,1-3H3,(H2,16,17). The fraction of sp³-hybridized carbons (Fsp3) is 0.533. The first-order valence-electron chi connectivity index (χ1n) is 7.04. The van der Waals surface area contributed by atoms with Crippen LogP contribution >= 0.6 is 0 Å². The Morgan fingerprint density at radius 2 is 1.86 bits per heavy atom. The lowest BCUT2D eigenvalue weighted by Crippen LogP contribution is -2.28. The highest BCUT2D eigenvalue weighted by Gasteiger charge is 2.02. The van der Waals surface area contributed by atoms with Crippen LogP contribution in [-0.4, -0.2) is 55.4 Å². The predicted octanol–water partition coefficient (Wildman–Crippen LogP) is 1.52. The second-order valence-corrected chi connectivity index (χ2v) is 5.08. The van der Waals surface area contributed by atoms with Gasteiger partial charge in [0.1, 0.15) is 12.4 Å². The van der Waals surface area contributed by atoms with E-state index in [1.807, 2.05) is 20.9 Å². The van der Waals surface area contributed by atoms with E-state index in [2.05, 4.69) is 10.1 Å². The minimum Gasteiger partial charge on any atom is -0.492 e. The van der Waals surface area contributed by atoms with Crippen molar-refractivity contribution in [3.63, 3.8) is 0 Å². The van der Waals surface area contributed by atoms with Crippen molar-refractivity contribution < 1.29 is 14.7 Å². The maximum absolute atomic E-state index is 8.58. The summed E-state index contributed by atoms with van der Waals surface area (Å²) in [4.78, 5) is 2.16. The van der Waals surface area contributed by atoms with Crippen molar-refractivity contribution in [1.82, 2.24) is 4.90 Å². The molecule has 0 radical (unpaired) electrons. The summed E-state index contributed by atoms with van der Waals surface area (Å²) in [7, 11) is 2.04. The molecular formula is C15H25N3O3. The first kappa shape index (κ1) is 17.3. The van der Waals surface area contributed by atoms with Crippen molar-refractivity contribution in [2.24, 2.45) is 10.9 Å². The van der Waals surface area contributed by atoms with Gasteiger partial charge in [0.15, 0.2) is 5.84 Å². The lowest BCUT2D eigenvalue weighted by atomic mass is 10.2. The van der Waals surface area contributed by atoms with E-state index in [1.54, 1.807) is 24.3 Å². The Morgan fingerprint density at radius 3 is 2.43 bits per heavy atom. The van der Waals surface area contributed by atoms with Gasteiger partial charge in [-0.05, 0) is 45.2 Å². The van der Waals surface area contributed by atoms with Crippen molar-refractivity contribution in [1.29, 1.82) is 0 Å². The van der Waals surface area contributed by atoms with Crippen LogP contribution in [0.15, 0.2) is 29.4 Å². The molecule has 0 bridgehead atoms. The Morgan fingerprint density at radius 1 is 1.24 bits per heavy atom. The molecule has 0 amide bonds. The topological polar surface area (TPSA) is 80.3 Å². The van der Waals surface area contributed by atoms with Crippen molar-refractivity contribution in [3.05, 3.63) is 29.8 Å². The number of nitrogens with two attached hydrogens (primary N) is 1. The number of amidine groups is 1. The maximum Gasteiger partial charge on any atom is 0.170 e. The van der Waals surface area contributed by atoms with Crippen molar-refractivity contribution in [2.45, 2.75) is 20.0 Å². The van der Waals surface area contributed by atoms with Gasteiger partial charge in [-0.3, -0.25) is 0 Å². The Balaban J connectivity index is 2.26. The number of rotatable bonds is 9. The van der Waals surface area contributed by atoms with Gasteiger partial charge < -0.3 is 25.3 Å². The molecule has 0 unspecified atom stereocenters. The molecule has 3 N–H and O–H groups in total. The molecule has 118 valence electrons. The van der Waals surface area contributed by atoms with E-state index in [9.17, 15) is 0 Å². The summed E-state index contributed by atoms with van der Waals surface area (Å²) in [6, 6.07) is 7.11. The van der Waals surface area contributed by atoms with Crippen LogP contribution < -0.4 is 10.5 Å². The van der Waals surface area contributed by atoms with Gasteiger partial charge in [0, 0.05) is 18.7 Å². The van der Waals surface area contributed by atoms with Crippen LogP contribution in [0.5, 0.6) is 5.75 Å². The van der Waals surface area contributed by atoms with Crippen LogP contribution in [0.4, 0.5) is 0 Å². The molecule has 0 aliphatic carbocycles. The minimum absolute atomic E-state index is 0.0893. The molecule has 6 nitrogen and oxygen atoms in total. The lowest BCUT2D eigenvalue weighted by molar-refractivity contribution is 0.0616. The Labute approximate surface area is 126 Å². The molecule has 0 aromatic heterocycles. The molecule has 1 aromatic carbocycles. The number of nitrogens with zero attached hydrogens (tertiary/aromatic N) is 2. The summed E-state index contributed by atoms with van der Waals surface area (Å²) in [6.07, 6.45) is 0.267. The predicted molar refractivity (Wildman–Crippen MR) is 83.0 cm³/mol. The van der Waals surface area contributed by atoms with E-state index < -0.39 is 0 Å². The van der Waals surface area contributed by atoms with E-state index >= 15 is 0 Å². The fourth-order valence-electron chi connectivity index (χ4n) is 1.66. The molecule has 0 saturated carbocycles. The lowest BCUT2D eigenvalue weighted by Gasteiger charge is -2.17. The highest BCUT2D eigenvalue weighted by Crippen LogP contribution is 2.11. The maximum atomic E-state index is 8.58. The van der Waals surface area contributed by atoms with Crippen LogP contribution in [0, 0.1) is 0 Å². The molecule has 0 spiro atoms. The second kappa shape index (κ2) is 9.20. The number of ether oxygens (including phenoxy) is 2. The molecule has 0 atom stereocenters. The first-order valence-corrected chi connectivity index (χ1v) is 7.04. The second-order valence-electron chi connectivity index (χ2n) is 5.08. The summed E-state index contributed by atoms with van der Waals surface area (Å²) < 4.78 is 11.1. The highest BCUT2D eigenvalue weighted by atomic mass is 16.5.